The van der Waals surface area contributed by atoms with Crippen molar-refractivity contribution in [3.63, 3.8) is 0 Å². The number of fused-ring (bicyclic) bond motifs is 1. The number of hydrogen-bond donors (Lipinski definition) is 2. The van der Waals surface area contributed by atoms with Crippen LogP contribution in [0.3, 0.4) is 0 Å². The van der Waals surface area contributed by atoms with Crippen molar-refractivity contribution in [1.29, 1.82) is 0 Å². The minimum absolute atomic E-state index is 0. The first-order valence-corrected chi connectivity index (χ1v) is 6.23. The fourth-order valence-corrected chi connectivity index (χ4v) is 2.26. The minimum atomic E-state index is 0. The number of phenols is 1. The molecule has 1 aromatic heterocycles. The Morgan fingerprint density at radius 3 is 2.50 bits per heavy atom. The number of pyridine rings is 1. The van der Waals surface area contributed by atoms with E-state index >= 15 is 0 Å². The molecule has 0 bridgehead atoms. The zero-order chi connectivity index (χ0) is 13.2. The maximum Gasteiger partial charge on any atom is 0.149 e. The normalized spacial score (nSPS) is 10.2. The fourth-order valence-electron chi connectivity index (χ4n) is 2.26. The molecule has 0 saturated heterocycles. The number of aromatic hydroxyl groups is 1. The molecule has 3 nitrogen and oxygen atoms in total. The van der Waals surface area contributed by atoms with Gasteiger partial charge in [-0.25, -0.2) is 0 Å². The van der Waals surface area contributed by atoms with Gasteiger partial charge in [-0.3, -0.25) is 10.3 Å². The third-order valence-electron chi connectivity index (χ3n) is 3.23. The van der Waals surface area contributed by atoms with E-state index in [0.717, 1.165) is 27.8 Å². The fraction of sp³-hybridized carbons (Fsp3) is 0.0625. The van der Waals surface area contributed by atoms with Crippen LogP contribution in [-0.2, 0) is 0 Å². The summed E-state index contributed by atoms with van der Waals surface area (Å²) in [7, 11) is 0. The second kappa shape index (κ2) is 5.90. The Balaban J connectivity index is 0.00000147. The predicted octanol–water partition coefficient (Wildman–Crippen LogP) is -0.221. The molecule has 20 heavy (non-hydrogen) atoms. The van der Waals surface area contributed by atoms with E-state index in [4.69, 9.17) is 0 Å². The molecule has 0 fully saturated rings. The van der Waals surface area contributed by atoms with Crippen LogP contribution >= 0.6 is 0 Å². The third-order valence-corrected chi connectivity index (χ3v) is 3.23. The summed E-state index contributed by atoms with van der Waals surface area (Å²) in [6.45, 7) is 2.00. The quantitative estimate of drug-likeness (QED) is 0.640. The van der Waals surface area contributed by atoms with Crippen LogP contribution in [0, 0.1) is 6.92 Å². The summed E-state index contributed by atoms with van der Waals surface area (Å²) in [5.41, 5.74) is 4.01. The van der Waals surface area contributed by atoms with Gasteiger partial charge in [0.1, 0.15) is 22.5 Å². The van der Waals surface area contributed by atoms with Crippen LogP contribution in [0.15, 0.2) is 54.7 Å². The van der Waals surface area contributed by atoms with E-state index in [1.165, 1.54) is 0 Å². The van der Waals surface area contributed by atoms with Gasteiger partial charge in [-0.05, 0) is 30.7 Å². The number of phenolic OH excluding ortho intramolecular Hbond substituents is 1. The molecule has 0 aliphatic rings. The van der Waals surface area contributed by atoms with Gasteiger partial charge in [0.05, 0.1) is 5.52 Å². The molecule has 2 aromatic carbocycles. The standard InChI is InChI=1S/C16H14N2O.ClH/c1-11-7-8-14(19)15-13(9-10-17-16(11)15)18-12-5-3-2-4-6-12;/h2-10,19H,1H3,(H,17,18);1H. The van der Waals surface area contributed by atoms with Gasteiger partial charge in [0.2, 0.25) is 0 Å². The van der Waals surface area contributed by atoms with E-state index in [1.54, 1.807) is 12.3 Å². The van der Waals surface area contributed by atoms with E-state index in [9.17, 15) is 5.11 Å². The van der Waals surface area contributed by atoms with Crippen LogP contribution in [-0.4, -0.2) is 10.1 Å². The Bertz CT molecular complexity index is 729. The van der Waals surface area contributed by atoms with E-state index < -0.39 is 0 Å². The van der Waals surface area contributed by atoms with Crippen molar-refractivity contribution < 1.29 is 22.8 Å². The van der Waals surface area contributed by atoms with Crippen LogP contribution in [0.2, 0.25) is 0 Å². The molecule has 0 amide bonds. The van der Waals surface area contributed by atoms with Gasteiger partial charge >= 0.3 is 0 Å². The Labute approximate surface area is 123 Å². The summed E-state index contributed by atoms with van der Waals surface area (Å²) in [6.07, 6.45) is 1.78. The zero-order valence-electron chi connectivity index (χ0n) is 11.0. The molecule has 0 aliphatic carbocycles. The Morgan fingerprint density at radius 1 is 1.00 bits per heavy atom. The number of halogens is 1. The lowest BCUT2D eigenvalue weighted by Crippen LogP contribution is -3.00. The highest BCUT2D eigenvalue weighted by Gasteiger charge is 2.12. The van der Waals surface area contributed by atoms with Gasteiger partial charge in [0.15, 0.2) is 0 Å². The highest BCUT2D eigenvalue weighted by molar-refractivity contribution is 5.94. The lowest BCUT2D eigenvalue weighted by atomic mass is 10.1. The molecular formula is C16H15ClN2O. The number of quaternary nitrogens is 1. The SMILES string of the molecule is Cc1ccc(O)c2c([NH2+]c3ccccc3)ccnc12.[Cl-]. The molecule has 0 aliphatic heterocycles. The van der Waals surface area contributed by atoms with Gasteiger partial charge in [-0.2, -0.15) is 0 Å². The lowest BCUT2D eigenvalue weighted by Gasteiger charge is -2.07. The molecule has 3 aromatic rings. The van der Waals surface area contributed by atoms with Crippen molar-refractivity contribution >= 4 is 22.3 Å². The van der Waals surface area contributed by atoms with E-state index in [-0.39, 0.29) is 18.2 Å². The van der Waals surface area contributed by atoms with Crippen LogP contribution in [0.4, 0.5) is 11.4 Å². The number of aromatic nitrogens is 1. The largest absolute Gasteiger partial charge is 1.00 e. The van der Waals surface area contributed by atoms with Gasteiger partial charge in [0.25, 0.3) is 0 Å². The second-order valence-electron chi connectivity index (χ2n) is 4.58. The molecule has 1 heterocycles. The van der Waals surface area contributed by atoms with Gasteiger partial charge in [-0.15, -0.1) is 0 Å². The van der Waals surface area contributed by atoms with Crippen molar-refractivity contribution in [2.45, 2.75) is 6.92 Å². The van der Waals surface area contributed by atoms with Crippen LogP contribution in [0.5, 0.6) is 5.75 Å². The van der Waals surface area contributed by atoms with Crippen LogP contribution in [0.1, 0.15) is 5.56 Å². The van der Waals surface area contributed by atoms with Gasteiger partial charge in [-0.1, -0.05) is 24.3 Å². The summed E-state index contributed by atoms with van der Waals surface area (Å²) >= 11 is 0. The molecule has 3 N–H and O–H groups in total. The first-order chi connectivity index (χ1) is 9.25. The van der Waals surface area contributed by atoms with Crippen molar-refractivity contribution in [3.05, 3.63) is 60.3 Å². The van der Waals surface area contributed by atoms with E-state index in [0.29, 0.717) is 0 Å². The molecule has 0 unspecified atom stereocenters. The number of aryl methyl sites for hydroxylation is 1. The summed E-state index contributed by atoms with van der Waals surface area (Å²) in [5.74, 6) is 0.274. The highest BCUT2D eigenvalue weighted by Crippen LogP contribution is 2.30. The number of hydrogen-bond acceptors (Lipinski definition) is 2. The number of para-hydroxylation sites is 1. The van der Waals surface area contributed by atoms with Crippen molar-refractivity contribution in [2.75, 3.05) is 0 Å². The molecule has 0 spiro atoms. The second-order valence-corrected chi connectivity index (χ2v) is 4.58. The van der Waals surface area contributed by atoms with E-state index in [1.807, 2.05) is 49.4 Å². The number of benzene rings is 2. The monoisotopic (exact) mass is 286 g/mol. The topological polar surface area (TPSA) is 49.7 Å². The molecule has 0 atom stereocenters. The van der Waals surface area contributed by atoms with Crippen LogP contribution < -0.4 is 17.7 Å². The summed E-state index contributed by atoms with van der Waals surface area (Å²) < 4.78 is 0. The molecule has 0 radical (unpaired) electrons. The third kappa shape index (κ3) is 2.59. The Kier molecular flexibility index (Phi) is 4.23. The first-order valence-electron chi connectivity index (χ1n) is 6.23. The van der Waals surface area contributed by atoms with Crippen molar-refractivity contribution in [1.82, 2.24) is 4.98 Å². The Morgan fingerprint density at radius 2 is 1.75 bits per heavy atom. The molecule has 102 valence electrons. The van der Waals surface area contributed by atoms with Crippen LogP contribution in [0.25, 0.3) is 10.9 Å². The average molecular weight is 287 g/mol. The zero-order valence-corrected chi connectivity index (χ0v) is 11.8. The minimum Gasteiger partial charge on any atom is -1.00 e. The maximum absolute atomic E-state index is 10.1. The first kappa shape index (κ1) is 14.3. The summed E-state index contributed by atoms with van der Waals surface area (Å²) in [4.78, 5) is 4.36. The summed E-state index contributed by atoms with van der Waals surface area (Å²) in [5, 5.41) is 13.0. The van der Waals surface area contributed by atoms with Gasteiger partial charge in [0, 0.05) is 12.3 Å². The number of nitrogens with two attached hydrogens (primary N) is 1. The summed E-state index contributed by atoms with van der Waals surface area (Å²) in [6, 6.07) is 15.6. The van der Waals surface area contributed by atoms with Gasteiger partial charge < -0.3 is 17.5 Å². The molecular weight excluding hydrogens is 272 g/mol. The lowest BCUT2D eigenvalue weighted by molar-refractivity contribution is -0.477. The van der Waals surface area contributed by atoms with E-state index in [2.05, 4.69) is 10.3 Å². The predicted molar refractivity (Wildman–Crippen MR) is 75.8 cm³/mol. The number of nitrogens with zero attached hydrogens (tertiary/aromatic N) is 1. The maximum atomic E-state index is 10.1. The molecule has 0 saturated carbocycles. The molecule has 3 rings (SSSR count). The average Bonchev–Trinajstić information content (AvgIpc) is 2.44. The van der Waals surface area contributed by atoms with Crippen molar-refractivity contribution in [3.8, 4) is 5.75 Å². The highest BCUT2D eigenvalue weighted by atomic mass is 35.5. The van der Waals surface area contributed by atoms with Crippen molar-refractivity contribution in [2.24, 2.45) is 0 Å². The number of rotatable bonds is 2. The smallest absolute Gasteiger partial charge is 0.149 e. The Hall–Kier alpha value is -2.10. The molecule has 4 heteroatoms.